The fourth-order valence-electron chi connectivity index (χ4n) is 2.80. The molecule has 1 aromatic rings. The zero-order chi connectivity index (χ0) is 14.4. The highest BCUT2D eigenvalue weighted by Crippen LogP contribution is 2.17. The number of nitrogens with one attached hydrogen (secondary N) is 1. The first-order valence-corrected chi connectivity index (χ1v) is 7.84. The Balaban J connectivity index is 1.89. The molecule has 1 atom stereocenters. The van der Waals surface area contributed by atoms with Crippen LogP contribution in [-0.2, 0) is 11.3 Å². The highest BCUT2D eigenvalue weighted by molar-refractivity contribution is 6.30. The summed E-state index contributed by atoms with van der Waals surface area (Å²) in [7, 11) is 0. The van der Waals surface area contributed by atoms with E-state index in [4.69, 9.17) is 11.6 Å². The van der Waals surface area contributed by atoms with Crippen molar-refractivity contribution in [3.63, 3.8) is 0 Å². The zero-order valence-electron chi connectivity index (χ0n) is 12.1. The van der Waals surface area contributed by atoms with Crippen molar-refractivity contribution < 1.29 is 4.79 Å². The van der Waals surface area contributed by atoms with Gasteiger partial charge in [-0.3, -0.25) is 9.69 Å². The first kappa shape index (κ1) is 15.3. The van der Waals surface area contributed by atoms with Crippen LogP contribution in [0.25, 0.3) is 0 Å². The second kappa shape index (κ2) is 7.65. The average molecular weight is 295 g/mol. The Morgan fingerprint density at radius 2 is 2.30 bits per heavy atom. The van der Waals surface area contributed by atoms with Gasteiger partial charge in [-0.1, -0.05) is 37.1 Å². The van der Waals surface area contributed by atoms with Crippen LogP contribution in [0.1, 0.15) is 38.2 Å². The Bertz CT molecular complexity index is 448. The lowest BCUT2D eigenvalue weighted by atomic mass is 10.0. The van der Waals surface area contributed by atoms with Gasteiger partial charge in [0, 0.05) is 11.6 Å². The fraction of sp³-hybridized carbons (Fsp3) is 0.562. The Kier molecular flexibility index (Phi) is 5.86. The number of carbonyl (C=O) groups excluding carboxylic acids is 1. The van der Waals surface area contributed by atoms with Crippen LogP contribution in [0, 0.1) is 0 Å². The highest BCUT2D eigenvalue weighted by Gasteiger charge is 2.27. The normalized spacial score (nSPS) is 19.8. The summed E-state index contributed by atoms with van der Waals surface area (Å²) in [5, 5.41) is 3.76. The summed E-state index contributed by atoms with van der Waals surface area (Å²) >= 11 is 5.95. The van der Waals surface area contributed by atoms with Gasteiger partial charge in [-0.25, -0.2) is 0 Å². The predicted molar refractivity (Wildman–Crippen MR) is 82.8 cm³/mol. The summed E-state index contributed by atoms with van der Waals surface area (Å²) in [6.07, 6.45) is 4.42. The van der Waals surface area contributed by atoms with E-state index in [0.717, 1.165) is 37.9 Å². The molecule has 1 aliphatic rings. The van der Waals surface area contributed by atoms with Gasteiger partial charge in [0.15, 0.2) is 0 Å². The van der Waals surface area contributed by atoms with Gasteiger partial charge in [0.2, 0.25) is 5.91 Å². The van der Waals surface area contributed by atoms with E-state index in [-0.39, 0.29) is 11.9 Å². The minimum atomic E-state index is 0.0443. The molecule has 20 heavy (non-hydrogen) atoms. The third-order valence-electron chi connectivity index (χ3n) is 3.78. The lowest BCUT2D eigenvalue weighted by Crippen LogP contribution is -2.49. The largest absolute Gasteiger partial charge is 0.351 e. The van der Waals surface area contributed by atoms with Gasteiger partial charge in [-0.2, -0.15) is 0 Å². The molecule has 1 heterocycles. The topological polar surface area (TPSA) is 32.3 Å². The molecule has 1 N–H and O–H groups in total. The second-order valence-corrected chi connectivity index (χ2v) is 5.83. The maximum Gasteiger partial charge on any atom is 0.237 e. The third-order valence-corrected chi connectivity index (χ3v) is 4.02. The van der Waals surface area contributed by atoms with E-state index in [1.807, 2.05) is 24.3 Å². The molecule has 1 unspecified atom stereocenters. The van der Waals surface area contributed by atoms with E-state index in [9.17, 15) is 4.79 Å². The van der Waals surface area contributed by atoms with Gasteiger partial charge >= 0.3 is 0 Å². The maximum atomic E-state index is 12.4. The molecule has 1 amide bonds. The molecule has 1 fully saturated rings. The number of hydrogen-bond donors (Lipinski definition) is 1. The summed E-state index contributed by atoms with van der Waals surface area (Å²) < 4.78 is 0. The van der Waals surface area contributed by atoms with Crippen molar-refractivity contribution >= 4 is 17.5 Å². The molecule has 0 aromatic heterocycles. The van der Waals surface area contributed by atoms with Crippen LogP contribution in [-0.4, -0.2) is 29.9 Å². The number of benzene rings is 1. The molecule has 1 aliphatic heterocycles. The van der Waals surface area contributed by atoms with E-state index in [1.165, 1.54) is 6.42 Å². The molecule has 0 spiro atoms. The standard InChI is InChI=1S/C16H23ClN2O/c1-2-9-19-10-4-3-8-15(19)16(20)18-12-13-6-5-7-14(17)11-13/h5-7,11,15H,2-4,8-10,12H2,1H3,(H,18,20). The number of halogens is 1. The van der Waals surface area contributed by atoms with Gasteiger partial charge in [-0.15, -0.1) is 0 Å². The van der Waals surface area contributed by atoms with Gasteiger partial charge in [0.05, 0.1) is 6.04 Å². The van der Waals surface area contributed by atoms with Gasteiger partial charge in [0.1, 0.15) is 0 Å². The molecule has 0 aliphatic carbocycles. The second-order valence-electron chi connectivity index (χ2n) is 5.40. The number of piperidine rings is 1. The van der Waals surface area contributed by atoms with Crippen molar-refractivity contribution in [2.45, 2.75) is 45.2 Å². The average Bonchev–Trinajstić information content (AvgIpc) is 2.46. The van der Waals surface area contributed by atoms with Gasteiger partial charge < -0.3 is 5.32 Å². The smallest absolute Gasteiger partial charge is 0.237 e. The number of carbonyl (C=O) groups is 1. The van der Waals surface area contributed by atoms with Crippen LogP contribution in [0.15, 0.2) is 24.3 Å². The SMILES string of the molecule is CCCN1CCCCC1C(=O)NCc1cccc(Cl)c1. The molecule has 4 heteroatoms. The molecule has 3 nitrogen and oxygen atoms in total. The first-order chi connectivity index (χ1) is 9.70. The Morgan fingerprint density at radius 3 is 3.05 bits per heavy atom. The van der Waals surface area contributed by atoms with Crippen LogP contribution in [0.2, 0.25) is 5.02 Å². The Hall–Kier alpha value is -1.06. The molecular weight excluding hydrogens is 272 g/mol. The molecule has 0 bridgehead atoms. The van der Waals surface area contributed by atoms with E-state index in [2.05, 4.69) is 17.1 Å². The molecule has 110 valence electrons. The minimum Gasteiger partial charge on any atom is -0.351 e. The van der Waals surface area contributed by atoms with Crippen LogP contribution >= 0.6 is 11.6 Å². The monoisotopic (exact) mass is 294 g/mol. The maximum absolute atomic E-state index is 12.4. The minimum absolute atomic E-state index is 0.0443. The third kappa shape index (κ3) is 4.22. The summed E-state index contributed by atoms with van der Waals surface area (Å²) in [6.45, 7) is 4.77. The van der Waals surface area contributed by atoms with Crippen molar-refractivity contribution in [2.75, 3.05) is 13.1 Å². The molecule has 2 rings (SSSR count). The number of rotatable bonds is 5. The predicted octanol–water partition coefficient (Wildman–Crippen LogP) is 3.22. The highest BCUT2D eigenvalue weighted by atomic mass is 35.5. The van der Waals surface area contributed by atoms with Crippen molar-refractivity contribution in [1.29, 1.82) is 0 Å². The van der Waals surface area contributed by atoms with Crippen molar-refractivity contribution in [3.05, 3.63) is 34.9 Å². The summed E-state index contributed by atoms with van der Waals surface area (Å²) in [5.41, 5.74) is 1.05. The van der Waals surface area contributed by atoms with Gasteiger partial charge in [-0.05, 0) is 50.0 Å². The van der Waals surface area contributed by atoms with Crippen LogP contribution in [0.4, 0.5) is 0 Å². The van der Waals surface area contributed by atoms with Gasteiger partial charge in [0.25, 0.3) is 0 Å². The number of hydrogen-bond acceptors (Lipinski definition) is 2. The first-order valence-electron chi connectivity index (χ1n) is 7.47. The molecule has 0 saturated carbocycles. The van der Waals surface area contributed by atoms with Crippen molar-refractivity contribution in [1.82, 2.24) is 10.2 Å². The van der Waals surface area contributed by atoms with Crippen molar-refractivity contribution in [2.24, 2.45) is 0 Å². The summed E-state index contributed by atoms with van der Waals surface area (Å²) in [5.74, 6) is 0.151. The quantitative estimate of drug-likeness (QED) is 0.904. The van der Waals surface area contributed by atoms with Crippen molar-refractivity contribution in [3.8, 4) is 0 Å². The van der Waals surface area contributed by atoms with E-state index in [1.54, 1.807) is 0 Å². The Labute approximate surface area is 126 Å². The Morgan fingerprint density at radius 1 is 1.45 bits per heavy atom. The molecule has 1 aromatic carbocycles. The number of nitrogens with zero attached hydrogens (tertiary/aromatic N) is 1. The number of likely N-dealkylation sites (tertiary alicyclic amines) is 1. The van der Waals surface area contributed by atoms with E-state index >= 15 is 0 Å². The number of amides is 1. The molecule has 0 radical (unpaired) electrons. The lowest BCUT2D eigenvalue weighted by Gasteiger charge is -2.34. The molecule has 1 saturated heterocycles. The summed E-state index contributed by atoms with van der Waals surface area (Å²) in [4.78, 5) is 14.7. The fourth-order valence-corrected chi connectivity index (χ4v) is 3.01. The molecular formula is C16H23ClN2O. The zero-order valence-corrected chi connectivity index (χ0v) is 12.8. The lowest BCUT2D eigenvalue weighted by molar-refractivity contribution is -0.127. The van der Waals surface area contributed by atoms with Crippen LogP contribution in [0.5, 0.6) is 0 Å². The summed E-state index contributed by atoms with van der Waals surface area (Å²) in [6, 6.07) is 7.68. The van der Waals surface area contributed by atoms with Crippen LogP contribution in [0.3, 0.4) is 0 Å². The van der Waals surface area contributed by atoms with E-state index < -0.39 is 0 Å². The van der Waals surface area contributed by atoms with Crippen LogP contribution < -0.4 is 5.32 Å². The van der Waals surface area contributed by atoms with E-state index in [0.29, 0.717) is 11.6 Å².